The predicted octanol–water partition coefficient (Wildman–Crippen LogP) is 4.40. The summed E-state index contributed by atoms with van der Waals surface area (Å²) in [5, 5.41) is 0. The highest BCUT2D eigenvalue weighted by molar-refractivity contribution is 5.74. The van der Waals surface area contributed by atoms with Crippen LogP contribution in [-0.2, 0) is 28.5 Å². The largest absolute Gasteiger partial charge is 0.469 e. The van der Waals surface area contributed by atoms with E-state index in [1.165, 1.54) is 14.2 Å². The molecule has 0 aromatic carbocycles. The minimum atomic E-state index is -0.979. The Balaban J connectivity index is 3.41. The van der Waals surface area contributed by atoms with Gasteiger partial charge in [0.25, 0.3) is 0 Å². The molecule has 8 heteroatoms. The summed E-state index contributed by atoms with van der Waals surface area (Å²) in [5.41, 5.74) is -1.67. The molecule has 0 unspecified atom stereocenters. The average molecular weight is 458 g/mol. The van der Waals surface area contributed by atoms with Gasteiger partial charge in [0.1, 0.15) is 11.3 Å². The Kier molecular flexibility index (Phi) is 9.57. The molecule has 0 N–H and O–H groups in total. The van der Waals surface area contributed by atoms with Gasteiger partial charge in [-0.2, -0.15) is 0 Å². The van der Waals surface area contributed by atoms with Crippen molar-refractivity contribution < 1.29 is 33.3 Å². The Morgan fingerprint density at radius 2 is 1.34 bits per heavy atom. The van der Waals surface area contributed by atoms with Crippen molar-refractivity contribution in [1.82, 2.24) is 4.90 Å². The second-order valence-corrected chi connectivity index (χ2v) is 10.7. The van der Waals surface area contributed by atoms with E-state index in [0.717, 1.165) is 0 Å². The fourth-order valence-corrected chi connectivity index (χ4v) is 4.29. The summed E-state index contributed by atoms with van der Waals surface area (Å²) in [6, 6.07) is -0.475. The number of carbonyl (C=O) groups excluding carboxylic acids is 3. The molecule has 0 bridgehead atoms. The lowest BCUT2D eigenvalue weighted by molar-refractivity contribution is -0.150. The highest BCUT2D eigenvalue weighted by Crippen LogP contribution is 2.41. The van der Waals surface area contributed by atoms with E-state index >= 15 is 0 Å². The second-order valence-electron chi connectivity index (χ2n) is 10.7. The zero-order valence-electron chi connectivity index (χ0n) is 21.7. The maximum atomic E-state index is 13.2. The van der Waals surface area contributed by atoms with Gasteiger partial charge in [0, 0.05) is 0 Å². The Bertz CT molecular complexity index is 666. The van der Waals surface area contributed by atoms with Crippen LogP contribution in [0.15, 0.2) is 0 Å². The van der Waals surface area contributed by atoms with Crippen LogP contribution < -0.4 is 0 Å². The molecular formula is C24H43NO7. The molecule has 32 heavy (non-hydrogen) atoms. The van der Waals surface area contributed by atoms with Crippen LogP contribution in [0.2, 0.25) is 0 Å². The van der Waals surface area contributed by atoms with E-state index in [-0.39, 0.29) is 23.8 Å². The predicted molar refractivity (Wildman–Crippen MR) is 121 cm³/mol. The number of hydrogen-bond acceptors (Lipinski definition) is 7. The van der Waals surface area contributed by atoms with Gasteiger partial charge in [0.2, 0.25) is 0 Å². The van der Waals surface area contributed by atoms with Gasteiger partial charge in [-0.3, -0.25) is 14.5 Å². The Morgan fingerprint density at radius 1 is 0.906 bits per heavy atom. The Hall–Kier alpha value is -1.83. The van der Waals surface area contributed by atoms with Crippen LogP contribution in [0, 0.1) is 23.7 Å². The van der Waals surface area contributed by atoms with Gasteiger partial charge in [-0.15, -0.1) is 0 Å². The summed E-state index contributed by atoms with van der Waals surface area (Å²) >= 11 is 0. The van der Waals surface area contributed by atoms with Crippen LogP contribution in [-0.4, -0.2) is 60.6 Å². The quantitative estimate of drug-likeness (QED) is 0.394. The first-order valence-corrected chi connectivity index (χ1v) is 11.4. The molecule has 0 aromatic rings. The van der Waals surface area contributed by atoms with Crippen molar-refractivity contribution in [3.8, 4) is 0 Å². The van der Waals surface area contributed by atoms with Crippen LogP contribution in [0.4, 0.5) is 4.79 Å². The number of hydrogen-bond donors (Lipinski definition) is 0. The van der Waals surface area contributed by atoms with Crippen molar-refractivity contribution in [3.63, 3.8) is 0 Å². The number of carbonyl (C=O) groups is 3. The van der Waals surface area contributed by atoms with Gasteiger partial charge >= 0.3 is 18.0 Å². The molecule has 1 rings (SSSR count). The van der Waals surface area contributed by atoms with Crippen LogP contribution >= 0.6 is 0 Å². The van der Waals surface area contributed by atoms with Crippen LogP contribution in [0.5, 0.6) is 0 Å². The van der Waals surface area contributed by atoms with Crippen molar-refractivity contribution in [1.29, 1.82) is 0 Å². The molecule has 0 aliphatic carbocycles. The van der Waals surface area contributed by atoms with Gasteiger partial charge in [0.05, 0.1) is 38.2 Å². The van der Waals surface area contributed by atoms with E-state index in [9.17, 15) is 14.4 Å². The summed E-state index contributed by atoms with van der Waals surface area (Å²) in [7, 11) is 2.73. The fourth-order valence-electron chi connectivity index (χ4n) is 4.29. The highest BCUT2D eigenvalue weighted by Gasteiger charge is 2.53. The molecular weight excluding hydrogens is 414 g/mol. The van der Waals surface area contributed by atoms with E-state index in [4.69, 9.17) is 18.9 Å². The molecule has 0 spiro atoms. The summed E-state index contributed by atoms with van der Waals surface area (Å²) in [4.78, 5) is 39.8. The first kappa shape index (κ1) is 28.2. The third-order valence-electron chi connectivity index (χ3n) is 5.97. The van der Waals surface area contributed by atoms with E-state index in [1.807, 2.05) is 27.7 Å². The molecule has 4 atom stereocenters. The van der Waals surface area contributed by atoms with Gasteiger partial charge in [0.15, 0.2) is 0 Å². The minimum absolute atomic E-state index is 0.00574. The van der Waals surface area contributed by atoms with Crippen molar-refractivity contribution in [2.75, 3.05) is 14.2 Å². The number of rotatable bonds is 8. The normalized spacial score (nSPS) is 22.6. The summed E-state index contributed by atoms with van der Waals surface area (Å²) in [6.07, 6.45) is -0.288. The van der Waals surface area contributed by atoms with Gasteiger partial charge in [-0.05, 0) is 59.3 Å². The van der Waals surface area contributed by atoms with E-state index in [0.29, 0.717) is 12.8 Å². The number of methoxy groups -OCH3 is 2. The van der Waals surface area contributed by atoms with Gasteiger partial charge < -0.3 is 18.9 Å². The maximum absolute atomic E-state index is 13.2. The molecule has 1 saturated heterocycles. The highest BCUT2D eigenvalue weighted by atomic mass is 16.6. The lowest BCUT2D eigenvalue weighted by Gasteiger charge is -2.36. The number of amides is 1. The molecule has 1 amide bonds. The van der Waals surface area contributed by atoms with Crippen molar-refractivity contribution >= 4 is 18.0 Å². The summed E-state index contributed by atoms with van der Waals surface area (Å²) in [5.74, 6) is -1.48. The monoisotopic (exact) mass is 457 g/mol. The van der Waals surface area contributed by atoms with E-state index < -0.39 is 41.4 Å². The van der Waals surface area contributed by atoms with Crippen LogP contribution in [0.25, 0.3) is 0 Å². The van der Waals surface area contributed by atoms with Crippen molar-refractivity contribution in [2.24, 2.45) is 23.7 Å². The molecule has 1 heterocycles. The molecule has 0 saturated carbocycles. The fraction of sp³-hybridized carbons (Fsp3) is 0.875. The first-order valence-electron chi connectivity index (χ1n) is 11.4. The lowest BCUT2D eigenvalue weighted by atomic mass is 9.83. The summed E-state index contributed by atoms with van der Waals surface area (Å²) < 4.78 is 22.1. The average Bonchev–Trinajstić information content (AvgIpc) is 2.90. The van der Waals surface area contributed by atoms with E-state index in [2.05, 4.69) is 0 Å². The minimum Gasteiger partial charge on any atom is -0.469 e. The summed E-state index contributed by atoms with van der Waals surface area (Å²) in [6.45, 7) is 16.8. The maximum Gasteiger partial charge on any atom is 0.412 e. The number of ether oxygens (including phenoxy) is 4. The third-order valence-corrected chi connectivity index (χ3v) is 5.97. The molecule has 186 valence electrons. The van der Waals surface area contributed by atoms with Gasteiger partial charge in [-0.1, -0.05) is 27.7 Å². The van der Waals surface area contributed by atoms with Crippen molar-refractivity contribution in [3.05, 3.63) is 0 Å². The SMILES string of the molecule is COC(=O)[C@@H](C[C@@H]1[C@@H](C[C@H](C(=O)OC)C(C)C)OC(C)(C)N1C(=O)OC(C)(C)C)C(C)C. The smallest absolute Gasteiger partial charge is 0.412 e. The third kappa shape index (κ3) is 7.09. The molecule has 0 radical (unpaired) electrons. The zero-order valence-corrected chi connectivity index (χ0v) is 21.7. The van der Waals surface area contributed by atoms with Crippen molar-refractivity contribution in [2.45, 2.75) is 98.6 Å². The lowest BCUT2D eigenvalue weighted by Crippen LogP contribution is -2.51. The zero-order chi connectivity index (χ0) is 25.0. The second kappa shape index (κ2) is 10.9. The number of esters is 2. The first-order chi connectivity index (χ1) is 14.6. The van der Waals surface area contributed by atoms with Crippen LogP contribution in [0.3, 0.4) is 0 Å². The molecule has 1 fully saturated rings. The van der Waals surface area contributed by atoms with Crippen LogP contribution in [0.1, 0.15) is 75.2 Å². The standard InChI is InChI=1S/C24H43NO7/c1-14(2)16(20(26)29-10)12-18-19(13-17(15(3)4)21(27)30-11)31-24(8,9)25(18)22(28)32-23(5,6)7/h14-19H,12-13H2,1-11H3/t16-,17-,18+,19+/m0/s1. The molecule has 1 aliphatic rings. The molecule has 1 aliphatic heterocycles. The molecule has 8 nitrogen and oxygen atoms in total. The Labute approximate surface area is 193 Å². The van der Waals surface area contributed by atoms with E-state index in [1.54, 1.807) is 39.5 Å². The Morgan fingerprint density at radius 3 is 1.72 bits per heavy atom. The number of nitrogens with zero attached hydrogens (tertiary/aromatic N) is 1. The molecule has 0 aromatic heterocycles. The van der Waals surface area contributed by atoms with Gasteiger partial charge in [-0.25, -0.2) is 4.79 Å². The topological polar surface area (TPSA) is 91.4 Å².